The Morgan fingerprint density at radius 2 is 1.74 bits per heavy atom. The molecule has 0 saturated carbocycles. The third-order valence-electron chi connectivity index (χ3n) is 3.03. The molecule has 0 amide bonds. The van der Waals surface area contributed by atoms with Gasteiger partial charge in [-0.05, 0) is 55.7 Å². The summed E-state index contributed by atoms with van der Waals surface area (Å²) in [5.41, 5.74) is 3.15. The maximum absolute atomic E-state index is 14.0. The molecule has 0 N–H and O–H groups in total. The third-order valence-corrected chi connectivity index (χ3v) is 3.68. The fourth-order valence-electron chi connectivity index (χ4n) is 2.14. The Morgan fingerprint density at radius 3 is 2.32 bits per heavy atom. The highest BCUT2D eigenvalue weighted by Crippen LogP contribution is 2.25. The number of rotatable bonds is 2. The molecule has 0 bridgehead atoms. The molecule has 0 unspecified atom stereocenters. The van der Waals surface area contributed by atoms with E-state index in [0.717, 1.165) is 11.1 Å². The molecule has 0 aliphatic heterocycles. The summed E-state index contributed by atoms with van der Waals surface area (Å²) in [7, 11) is 0. The van der Waals surface area contributed by atoms with Gasteiger partial charge in [0.25, 0.3) is 0 Å². The van der Waals surface area contributed by atoms with Crippen molar-refractivity contribution in [2.24, 2.45) is 0 Å². The van der Waals surface area contributed by atoms with E-state index in [9.17, 15) is 9.18 Å². The topological polar surface area (TPSA) is 17.1 Å². The second kappa shape index (κ2) is 5.25. The van der Waals surface area contributed by atoms with Crippen molar-refractivity contribution in [3.63, 3.8) is 0 Å². The smallest absolute Gasteiger partial charge is 0.197 e. The number of aryl methyl sites for hydroxylation is 3. The van der Waals surface area contributed by atoms with Crippen LogP contribution in [0.5, 0.6) is 0 Å². The molecule has 0 saturated heterocycles. The molecule has 0 atom stereocenters. The number of hydrogen-bond acceptors (Lipinski definition) is 1. The highest BCUT2D eigenvalue weighted by atomic mass is 79.9. The van der Waals surface area contributed by atoms with Gasteiger partial charge in [-0.1, -0.05) is 28.1 Å². The van der Waals surface area contributed by atoms with E-state index in [1.54, 1.807) is 13.0 Å². The minimum atomic E-state index is -0.463. The van der Waals surface area contributed by atoms with Gasteiger partial charge in [0, 0.05) is 10.0 Å². The van der Waals surface area contributed by atoms with Gasteiger partial charge in [0.05, 0.1) is 5.56 Å². The van der Waals surface area contributed by atoms with Crippen molar-refractivity contribution in [1.82, 2.24) is 0 Å². The zero-order valence-electron chi connectivity index (χ0n) is 11.1. The molecule has 3 heteroatoms. The van der Waals surface area contributed by atoms with Crippen LogP contribution >= 0.6 is 15.9 Å². The maximum atomic E-state index is 14.0. The summed E-state index contributed by atoms with van der Waals surface area (Å²) in [5, 5.41) is 0. The van der Waals surface area contributed by atoms with Crippen LogP contribution in [0.2, 0.25) is 0 Å². The summed E-state index contributed by atoms with van der Waals surface area (Å²) < 4.78 is 14.7. The zero-order chi connectivity index (χ0) is 14.2. The fraction of sp³-hybridized carbons (Fsp3) is 0.188. The van der Waals surface area contributed by atoms with Crippen LogP contribution in [0.4, 0.5) is 4.39 Å². The van der Waals surface area contributed by atoms with Gasteiger partial charge >= 0.3 is 0 Å². The predicted octanol–water partition coefficient (Wildman–Crippen LogP) is 4.74. The minimum absolute atomic E-state index is 0.148. The second-order valence-electron chi connectivity index (χ2n) is 4.75. The number of carbonyl (C=O) groups is 1. The largest absolute Gasteiger partial charge is 0.288 e. The maximum Gasteiger partial charge on any atom is 0.197 e. The van der Waals surface area contributed by atoms with E-state index < -0.39 is 5.82 Å². The van der Waals surface area contributed by atoms with E-state index in [0.29, 0.717) is 15.6 Å². The number of carbonyl (C=O) groups excluding carboxylic acids is 1. The first-order valence-electron chi connectivity index (χ1n) is 5.97. The van der Waals surface area contributed by atoms with Crippen LogP contribution in [0.1, 0.15) is 32.6 Å². The Labute approximate surface area is 120 Å². The summed E-state index contributed by atoms with van der Waals surface area (Å²) in [6, 6.07) is 8.63. The van der Waals surface area contributed by atoms with Crippen LogP contribution in [0.3, 0.4) is 0 Å². The summed E-state index contributed by atoms with van der Waals surface area (Å²) in [6.07, 6.45) is 0. The van der Waals surface area contributed by atoms with Crippen LogP contribution in [0.25, 0.3) is 0 Å². The van der Waals surface area contributed by atoms with Gasteiger partial charge in [-0.2, -0.15) is 0 Å². The molecule has 0 radical (unpaired) electrons. The third kappa shape index (κ3) is 2.76. The van der Waals surface area contributed by atoms with Gasteiger partial charge in [0.15, 0.2) is 5.78 Å². The van der Waals surface area contributed by atoms with Crippen molar-refractivity contribution < 1.29 is 9.18 Å². The van der Waals surface area contributed by atoms with Crippen molar-refractivity contribution in [1.29, 1.82) is 0 Å². The quantitative estimate of drug-likeness (QED) is 0.730. The molecule has 2 aromatic carbocycles. The summed E-state index contributed by atoms with van der Waals surface area (Å²) in [5.74, 6) is -0.753. The minimum Gasteiger partial charge on any atom is -0.288 e. The summed E-state index contributed by atoms with van der Waals surface area (Å²) in [4.78, 5) is 12.5. The average molecular weight is 321 g/mol. The standard InChI is InChI=1S/C16H14BrFO/c1-9-4-5-12(13(17)7-9)16(19)15-11(3)6-10(2)8-14(15)18/h4-8H,1-3H3. The lowest BCUT2D eigenvalue weighted by molar-refractivity contribution is 0.103. The first-order chi connectivity index (χ1) is 8.90. The highest BCUT2D eigenvalue weighted by molar-refractivity contribution is 9.10. The van der Waals surface area contributed by atoms with E-state index in [1.807, 2.05) is 32.0 Å². The van der Waals surface area contributed by atoms with E-state index >= 15 is 0 Å². The normalized spacial score (nSPS) is 10.6. The van der Waals surface area contributed by atoms with Crippen molar-refractivity contribution >= 4 is 21.7 Å². The lowest BCUT2D eigenvalue weighted by atomic mass is 9.96. The number of ketones is 1. The predicted molar refractivity (Wildman–Crippen MR) is 78.2 cm³/mol. The van der Waals surface area contributed by atoms with E-state index in [4.69, 9.17) is 0 Å². The average Bonchev–Trinajstić information content (AvgIpc) is 2.26. The van der Waals surface area contributed by atoms with Gasteiger partial charge in [-0.3, -0.25) is 4.79 Å². The molecule has 0 spiro atoms. The molecular weight excluding hydrogens is 307 g/mol. The molecule has 0 aromatic heterocycles. The summed E-state index contributed by atoms with van der Waals surface area (Å²) >= 11 is 3.37. The van der Waals surface area contributed by atoms with Gasteiger partial charge in [-0.15, -0.1) is 0 Å². The zero-order valence-corrected chi connectivity index (χ0v) is 12.6. The number of halogens is 2. The lowest BCUT2D eigenvalue weighted by Gasteiger charge is -2.09. The van der Waals surface area contributed by atoms with E-state index in [2.05, 4.69) is 15.9 Å². The van der Waals surface area contributed by atoms with E-state index in [-0.39, 0.29) is 11.3 Å². The van der Waals surface area contributed by atoms with Crippen LogP contribution in [0, 0.1) is 26.6 Å². The molecule has 19 heavy (non-hydrogen) atoms. The van der Waals surface area contributed by atoms with Crippen molar-refractivity contribution in [3.8, 4) is 0 Å². The van der Waals surface area contributed by atoms with Crippen LogP contribution in [0.15, 0.2) is 34.8 Å². The van der Waals surface area contributed by atoms with Crippen molar-refractivity contribution in [3.05, 3.63) is 68.4 Å². The summed E-state index contributed by atoms with van der Waals surface area (Å²) in [6.45, 7) is 5.51. The van der Waals surface area contributed by atoms with Gasteiger partial charge in [0.2, 0.25) is 0 Å². The second-order valence-corrected chi connectivity index (χ2v) is 5.61. The Kier molecular flexibility index (Phi) is 3.85. The number of hydrogen-bond donors (Lipinski definition) is 0. The Bertz CT molecular complexity index is 639. The van der Waals surface area contributed by atoms with Crippen molar-refractivity contribution in [2.45, 2.75) is 20.8 Å². The molecule has 98 valence electrons. The highest BCUT2D eigenvalue weighted by Gasteiger charge is 2.19. The molecule has 2 aromatic rings. The molecule has 1 nitrogen and oxygen atoms in total. The van der Waals surface area contributed by atoms with Crippen LogP contribution in [-0.2, 0) is 0 Å². The molecule has 0 aliphatic rings. The molecule has 0 heterocycles. The van der Waals surface area contributed by atoms with E-state index in [1.165, 1.54) is 6.07 Å². The first kappa shape index (κ1) is 13.9. The van der Waals surface area contributed by atoms with Gasteiger partial charge < -0.3 is 0 Å². The van der Waals surface area contributed by atoms with Crippen molar-refractivity contribution in [2.75, 3.05) is 0 Å². The molecule has 0 aliphatic carbocycles. The Balaban J connectivity index is 2.56. The van der Waals surface area contributed by atoms with Gasteiger partial charge in [0.1, 0.15) is 5.82 Å². The fourth-order valence-corrected chi connectivity index (χ4v) is 2.82. The molecule has 2 rings (SSSR count). The Morgan fingerprint density at radius 1 is 1.05 bits per heavy atom. The van der Waals surface area contributed by atoms with Crippen LogP contribution in [-0.4, -0.2) is 5.78 Å². The number of benzene rings is 2. The molecular formula is C16H14BrFO. The Hall–Kier alpha value is -1.48. The first-order valence-corrected chi connectivity index (χ1v) is 6.77. The monoisotopic (exact) mass is 320 g/mol. The van der Waals surface area contributed by atoms with Crippen LogP contribution < -0.4 is 0 Å². The lowest BCUT2D eigenvalue weighted by Crippen LogP contribution is -2.08. The molecule has 0 fully saturated rings. The SMILES string of the molecule is Cc1cc(C)c(C(=O)c2ccc(C)cc2Br)c(F)c1. The van der Waals surface area contributed by atoms with Gasteiger partial charge in [-0.25, -0.2) is 4.39 Å².